The molecule has 0 saturated heterocycles. The molecule has 9 heteroatoms. The summed E-state index contributed by atoms with van der Waals surface area (Å²) < 4.78 is 5.36. The van der Waals surface area contributed by atoms with E-state index in [2.05, 4.69) is 44.7 Å². The number of hydrogen-bond donors (Lipinski definition) is 2. The van der Waals surface area contributed by atoms with Gasteiger partial charge in [-0.3, -0.25) is 4.79 Å². The predicted molar refractivity (Wildman–Crippen MR) is 122 cm³/mol. The van der Waals surface area contributed by atoms with Crippen LogP contribution in [-0.2, 0) is 32.9 Å². The molecule has 30 heavy (non-hydrogen) atoms. The van der Waals surface area contributed by atoms with Gasteiger partial charge in [-0.1, -0.05) is 51.9 Å². The first-order valence-corrected chi connectivity index (χ1v) is 10.1. The Bertz CT molecular complexity index is 921. The van der Waals surface area contributed by atoms with Crippen LogP contribution in [0.2, 0.25) is 0 Å². The molecule has 0 amide bonds. The van der Waals surface area contributed by atoms with Crippen LogP contribution in [-0.4, -0.2) is 27.9 Å². The molecule has 0 saturated carbocycles. The molecule has 0 spiro atoms. The van der Waals surface area contributed by atoms with Crippen LogP contribution in [0, 0.1) is 6.92 Å². The Kier molecular flexibility index (Phi) is 16.9. The second-order valence-corrected chi connectivity index (χ2v) is 5.29. The molecule has 3 aromatic heterocycles. The summed E-state index contributed by atoms with van der Waals surface area (Å²) in [5.41, 5.74) is 8.81. The number of aryl methyl sites for hydroxylation is 2. The molecule has 0 bridgehead atoms. The minimum Gasteiger partial charge on any atom is -0.440 e. The summed E-state index contributed by atoms with van der Waals surface area (Å²) in [5, 5.41) is 0. The van der Waals surface area contributed by atoms with E-state index in [-0.39, 0.29) is 25.7 Å². The number of hydrogen-bond acceptors (Lipinski definition) is 5. The SMILES string of the molecule is C=Cc1nc(CC)[n-]c1C=C.CC.CCl.Cc1[nH]c(=O)cc2oc(CCN)nc12.[Ir]. The van der Waals surface area contributed by atoms with Gasteiger partial charge in [-0.15, -0.1) is 11.6 Å². The van der Waals surface area contributed by atoms with Crippen molar-refractivity contribution in [3.8, 4) is 0 Å². The van der Waals surface area contributed by atoms with Crippen LogP contribution < -0.4 is 16.3 Å². The van der Waals surface area contributed by atoms with E-state index in [1.807, 2.05) is 20.8 Å². The van der Waals surface area contributed by atoms with E-state index in [4.69, 9.17) is 10.2 Å². The smallest absolute Gasteiger partial charge is 0.252 e. The van der Waals surface area contributed by atoms with E-state index in [0.717, 1.165) is 29.3 Å². The monoisotopic (exact) mass is 613 g/mol. The number of aromatic nitrogens is 4. The first-order valence-electron chi connectivity index (χ1n) is 9.38. The molecule has 0 unspecified atom stereocenters. The molecule has 169 valence electrons. The number of imidazole rings is 1. The van der Waals surface area contributed by atoms with E-state index in [1.165, 1.54) is 12.4 Å². The van der Waals surface area contributed by atoms with Crippen LogP contribution in [0.15, 0.2) is 28.4 Å². The Morgan fingerprint density at radius 2 is 1.90 bits per heavy atom. The van der Waals surface area contributed by atoms with Crippen molar-refractivity contribution < 1.29 is 24.5 Å². The number of nitrogens with zero attached hydrogens (tertiary/aromatic N) is 3. The van der Waals surface area contributed by atoms with Gasteiger partial charge < -0.3 is 25.1 Å². The van der Waals surface area contributed by atoms with E-state index in [9.17, 15) is 4.79 Å². The molecule has 3 aromatic rings. The fraction of sp³-hybridized carbons (Fsp3) is 0.381. The molecule has 3 rings (SSSR count). The maximum atomic E-state index is 11.1. The molecule has 1 radical (unpaired) electrons. The van der Waals surface area contributed by atoms with Crippen molar-refractivity contribution in [2.24, 2.45) is 5.73 Å². The Morgan fingerprint density at radius 3 is 2.37 bits per heavy atom. The van der Waals surface area contributed by atoms with E-state index in [1.54, 1.807) is 19.1 Å². The number of aromatic amines is 1. The first-order chi connectivity index (χ1) is 14.0. The van der Waals surface area contributed by atoms with Crippen LogP contribution in [0.1, 0.15) is 49.6 Å². The molecule has 0 aliphatic carbocycles. The summed E-state index contributed by atoms with van der Waals surface area (Å²) in [4.78, 5) is 26.4. The molecule has 3 N–H and O–H groups in total. The molecule has 0 fully saturated rings. The summed E-state index contributed by atoms with van der Waals surface area (Å²) in [5.74, 6) is 1.43. The average molecular weight is 613 g/mol. The zero-order valence-electron chi connectivity index (χ0n) is 18.2. The predicted octanol–water partition coefficient (Wildman–Crippen LogP) is 4.09. The van der Waals surface area contributed by atoms with Gasteiger partial charge in [0.1, 0.15) is 5.52 Å². The summed E-state index contributed by atoms with van der Waals surface area (Å²) in [6.07, 6.45) is 6.31. The van der Waals surface area contributed by atoms with Crippen molar-refractivity contribution in [3.05, 3.63) is 58.4 Å². The quantitative estimate of drug-likeness (QED) is 0.420. The van der Waals surface area contributed by atoms with Gasteiger partial charge in [0.05, 0.1) is 0 Å². The number of fused-ring (bicyclic) bond motifs is 1. The third-order valence-corrected chi connectivity index (χ3v) is 3.45. The molecular weight excluding hydrogens is 582 g/mol. The van der Waals surface area contributed by atoms with Crippen LogP contribution in [0.4, 0.5) is 0 Å². The third kappa shape index (κ3) is 8.79. The first kappa shape index (κ1) is 30.2. The molecule has 0 atom stereocenters. The summed E-state index contributed by atoms with van der Waals surface area (Å²) >= 11 is 4.64. The van der Waals surface area contributed by atoms with Gasteiger partial charge in [-0.25, -0.2) is 4.98 Å². The van der Waals surface area contributed by atoms with Gasteiger partial charge in [0, 0.05) is 51.2 Å². The minimum absolute atomic E-state index is 0. The van der Waals surface area contributed by atoms with Crippen molar-refractivity contribution in [1.82, 2.24) is 19.9 Å². The van der Waals surface area contributed by atoms with Crippen molar-refractivity contribution in [2.75, 3.05) is 12.9 Å². The Balaban J connectivity index is 0. The second kappa shape index (κ2) is 16.8. The summed E-state index contributed by atoms with van der Waals surface area (Å²) in [7, 11) is 0. The van der Waals surface area contributed by atoms with Crippen LogP contribution >= 0.6 is 11.6 Å². The van der Waals surface area contributed by atoms with Gasteiger partial charge in [0.15, 0.2) is 11.5 Å². The third-order valence-electron chi connectivity index (χ3n) is 3.45. The number of halogens is 1. The summed E-state index contributed by atoms with van der Waals surface area (Å²) in [6, 6.07) is 1.40. The fourth-order valence-electron chi connectivity index (χ4n) is 2.25. The van der Waals surface area contributed by atoms with E-state index in [0.29, 0.717) is 30.0 Å². The van der Waals surface area contributed by atoms with Gasteiger partial charge in [-0.05, 0) is 24.7 Å². The Hall–Kier alpha value is -1.99. The van der Waals surface area contributed by atoms with E-state index >= 15 is 0 Å². The minimum atomic E-state index is -0.176. The Labute approximate surface area is 196 Å². The van der Waals surface area contributed by atoms with Gasteiger partial charge in [0.2, 0.25) is 0 Å². The van der Waals surface area contributed by atoms with Crippen LogP contribution in [0.25, 0.3) is 23.3 Å². The van der Waals surface area contributed by atoms with Crippen LogP contribution in [0.3, 0.4) is 0 Å². The zero-order chi connectivity index (χ0) is 22.4. The summed E-state index contributed by atoms with van der Waals surface area (Å²) in [6.45, 7) is 15.6. The maximum absolute atomic E-state index is 11.1. The van der Waals surface area contributed by atoms with Crippen LogP contribution in [0.5, 0.6) is 0 Å². The number of nitrogens with two attached hydrogens (primary N) is 1. The van der Waals surface area contributed by atoms with E-state index < -0.39 is 0 Å². The molecular formula is C21H31ClIrN5O2-. The van der Waals surface area contributed by atoms with Crippen molar-refractivity contribution in [1.29, 1.82) is 0 Å². The number of nitrogens with one attached hydrogen (secondary N) is 1. The normalized spacial score (nSPS) is 9.03. The number of alkyl halides is 1. The number of rotatable bonds is 5. The molecule has 3 heterocycles. The van der Waals surface area contributed by atoms with Crippen molar-refractivity contribution in [3.63, 3.8) is 0 Å². The van der Waals surface area contributed by atoms with Gasteiger partial charge in [-0.2, -0.15) is 0 Å². The number of oxazole rings is 1. The van der Waals surface area contributed by atoms with Crippen molar-refractivity contribution in [2.45, 2.75) is 40.5 Å². The fourth-order valence-corrected chi connectivity index (χ4v) is 2.25. The van der Waals surface area contributed by atoms with Gasteiger partial charge >= 0.3 is 0 Å². The Morgan fingerprint density at radius 1 is 1.27 bits per heavy atom. The number of pyridine rings is 1. The van der Waals surface area contributed by atoms with Crippen molar-refractivity contribution >= 4 is 34.9 Å². The van der Waals surface area contributed by atoms with Gasteiger partial charge in [0.25, 0.3) is 5.56 Å². The largest absolute Gasteiger partial charge is 0.440 e. The second-order valence-electron chi connectivity index (χ2n) is 5.29. The molecule has 0 aliphatic rings. The standard InChI is InChI=1S/C9H11N3O2.C9H11N2.C2H6.CH3Cl.Ir/c1-5-9-6(4-7(13)11-5)14-8(12-9)2-3-10;1-4-7-8(5-2)11-9(6-3)10-7;2*1-2;/h4H,2-3,10H2,1H3,(H,11,13);4-5H,1-2,6H2,3H3;1-2H3;1H3;/q;-1;;;. The average Bonchev–Trinajstić information content (AvgIpc) is 3.35. The molecule has 0 aromatic carbocycles. The zero-order valence-corrected chi connectivity index (χ0v) is 21.4. The topological polar surface area (TPSA) is 112 Å². The maximum Gasteiger partial charge on any atom is 0.252 e. The molecule has 0 aliphatic heterocycles. The molecule has 7 nitrogen and oxygen atoms in total. The number of H-pyrrole nitrogens is 1.